The van der Waals surface area contributed by atoms with Crippen molar-refractivity contribution in [3.05, 3.63) is 69.0 Å². The predicted octanol–water partition coefficient (Wildman–Crippen LogP) is 3.55. The van der Waals surface area contributed by atoms with Crippen molar-refractivity contribution in [2.45, 2.75) is 11.8 Å². The van der Waals surface area contributed by atoms with Crippen LogP contribution in [0.4, 0.5) is 17.1 Å². The van der Waals surface area contributed by atoms with Crippen LogP contribution in [-0.2, 0) is 17.1 Å². The van der Waals surface area contributed by atoms with Crippen LogP contribution in [0.5, 0.6) is 5.75 Å². The number of nitrogens with one attached hydrogen (secondary N) is 2. The fraction of sp³-hybridized carbons (Fsp3) is 0.158. The summed E-state index contributed by atoms with van der Waals surface area (Å²) in [5, 5.41) is 20.0. The molecular formula is C19H19ClN6O5S. The summed E-state index contributed by atoms with van der Waals surface area (Å²) < 4.78 is 34.5. The number of nitro groups is 1. The molecule has 2 N–H and O–H groups in total. The lowest BCUT2D eigenvalue weighted by molar-refractivity contribution is -0.384. The minimum Gasteiger partial charge on any atom is -0.495 e. The topological polar surface area (TPSA) is 141 Å². The zero-order valence-electron chi connectivity index (χ0n) is 17.2. The predicted molar refractivity (Wildman–Crippen MR) is 121 cm³/mol. The molecule has 3 rings (SSSR count). The van der Waals surface area contributed by atoms with Crippen LogP contribution in [0.1, 0.15) is 11.3 Å². The molecular weight excluding hydrogens is 460 g/mol. The number of nitrogens with zero attached hydrogens (tertiary/aromatic N) is 4. The molecule has 0 radical (unpaired) electrons. The van der Waals surface area contributed by atoms with E-state index in [0.29, 0.717) is 22.2 Å². The second-order valence-electron chi connectivity index (χ2n) is 6.53. The number of rotatable bonds is 8. The smallest absolute Gasteiger partial charge is 0.295 e. The van der Waals surface area contributed by atoms with E-state index in [9.17, 15) is 18.5 Å². The van der Waals surface area contributed by atoms with Gasteiger partial charge in [0.05, 0.1) is 40.1 Å². The normalized spacial score (nSPS) is 11.5. The number of aromatic nitrogens is 2. The van der Waals surface area contributed by atoms with E-state index >= 15 is 0 Å². The van der Waals surface area contributed by atoms with Crippen LogP contribution in [0, 0.1) is 17.0 Å². The molecule has 0 spiro atoms. The number of hydrogen-bond donors (Lipinski definition) is 2. The highest BCUT2D eigenvalue weighted by molar-refractivity contribution is 7.92. The maximum Gasteiger partial charge on any atom is 0.295 e. The van der Waals surface area contributed by atoms with E-state index in [-0.39, 0.29) is 16.3 Å². The van der Waals surface area contributed by atoms with Crippen molar-refractivity contribution in [2.24, 2.45) is 12.1 Å². The van der Waals surface area contributed by atoms with Gasteiger partial charge in [0.1, 0.15) is 16.6 Å². The molecule has 0 fully saturated rings. The molecule has 168 valence electrons. The maximum absolute atomic E-state index is 12.8. The van der Waals surface area contributed by atoms with Gasteiger partial charge in [-0.2, -0.15) is 10.2 Å². The first-order valence-electron chi connectivity index (χ1n) is 9.06. The molecule has 0 saturated heterocycles. The quantitative estimate of drug-likeness (QED) is 0.286. The lowest BCUT2D eigenvalue weighted by Gasteiger charge is -2.12. The number of nitro benzene ring substituents is 1. The number of ether oxygens (including phenoxy) is 1. The fourth-order valence-electron chi connectivity index (χ4n) is 2.82. The van der Waals surface area contributed by atoms with Crippen molar-refractivity contribution in [3.63, 3.8) is 0 Å². The van der Waals surface area contributed by atoms with E-state index in [1.807, 2.05) is 0 Å². The number of halogens is 1. The minimum absolute atomic E-state index is 0.000146. The molecule has 0 saturated carbocycles. The second kappa shape index (κ2) is 9.24. The van der Waals surface area contributed by atoms with Crippen LogP contribution in [0.25, 0.3) is 0 Å². The summed E-state index contributed by atoms with van der Waals surface area (Å²) in [7, 11) is -1.05. The molecule has 11 nitrogen and oxygen atoms in total. The van der Waals surface area contributed by atoms with Crippen LogP contribution in [0.3, 0.4) is 0 Å². The summed E-state index contributed by atoms with van der Waals surface area (Å²) >= 11 is 6.13. The van der Waals surface area contributed by atoms with Gasteiger partial charge in [-0.3, -0.25) is 24.9 Å². The van der Waals surface area contributed by atoms with Gasteiger partial charge >= 0.3 is 0 Å². The maximum atomic E-state index is 12.8. The number of sulfonamides is 1. The standard InChI is InChI=1S/C19H19ClN6O5S/c1-12-14(19(20)25(2)23-12)11-21-22-15-9-8-13(10-17(15)26(27)28)32(29,30)24-16-6-4-5-7-18(16)31-3/h4-11,22,24H,1-3H3/b21-11+. The van der Waals surface area contributed by atoms with Crippen molar-refractivity contribution < 1.29 is 18.1 Å². The first-order valence-corrected chi connectivity index (χ1v) is 10.9. The highest BCUT2D eigenvalue weighted by Crippen LogP contribution is 2.30. The summed E-state index contributed by atoms with van der Waals surface area (Å²) in [6.07, 6.45) is 1.38. The third-order valence-corrected chi connectivity index (χ3v) is 6.21. The Kier molecular flexibility index (Phi) is 6.65. The number of anilines is 2. The first-order chi connectivity index (χ1) is 15.1. The Morgan fingerprint density at radius 1 is 1.25 bits per heavy atom. The van der Waals surface area contributed by atoms with Crippen LogP contribution in [0.15, 0.2) is 52.5 Å². The molecule has 1 heterocycles. The van der Waals surface area contributed by atoms with Gasteiger partial charge < -0.3 is 4.74 Å². The number of methoxy groups -OCH3 is 1. The van der Waals surface area contributed by atoms with E-state index in [2.05, 4.69) is 20.3 Å². The van der Waals surface area contributed by atoms with Gasteiger partial charge in [-0.25, -0.2) is 8.42 Å². The number of benzene rings is 2. The third-order valence-electron chi connectivity index (χ3n) is 4.40. The number of para-hydroxylation sites is 2. The van der Waals surface area contributed by atoms with Crippen LogP contribution >= 0.6 is 11.6 Å². The van der Waals surface area contributed by atoms with Crippen molar-refractivity contribution in [2.75, 3.05) is 17.3 Å². The van der Waals surface area contributed by atoms with Crippen molar-refractivity contribution in [3.8, 4) is 5.75 Å². The van der Waals surface area contributed by atoms with Gasteiger partial charge in [-0.15, -0.1) is 0 Å². The molecule has 0 bridgehead atoms. The van der Waals surface area contributed by atoms with Gasteiger partial charge in [-0.05, 0) is 31.2 Å². The van der Waals surface area contributed by atoms with E-state index < -0.39 is 20.6 Å². The van der Waals surface area contributed by atoms with Crippen molar-refractivity contribution >= 4 is 44.9 Å². The Balaban J connectivity index is 1.88. The Morgan fingerprint density at radius 2 is 1.97 bits per heavy atom. The average molecular weight is 479 g/mol. The summed E-state index contributed by atoms with van der Waals surface area (Å²) in [4.78, 5) is 10.5. The van der Waals surface area contributed by atoms with Crippen molar-refractivity contribution in [1.29, 1.82) is 0 Å². The average Bonchev–Trinajstić information content (AvgIpc) is 2.99. The molecule has 32 heavy (non-hydrogen) atoms. The van der Waals surface area contributed by atoms with Crippen LogP contribution < -0.4 is 14.9 Å². The molecule has 0 aliphatic heterocycles. The first kappa shape index (κ1) is 23.0. The molecule has 0 unspecified atom stereocenters. The molecule has 0 amide bonds. The van der Waals surface area contributed by atoms with Gasteiger partial charge in [-0.1, -0.05) is 23.7 Å². The molecule has 0 aliphatic rings. The highest BCUT2D eigenvalue weighted by atomic mass is 35.5. The highest BCUT2D eigenvalue weighted by Gasteiger charge is 2.22. The molecule has 13 heteroatoms. The Hall–Kier alpha value is -3.64. The molecule has 2 aromatic carbocycles. The van der Waals surface area contributed by atoms with E-state index in [0.717, 1.165) is 6.07 Å². The molecule has 1 aromatic heterocycles. The summed E-state index contributed by atoms with van der Waals surface area (Å²) in [5.74, 6) is 0.308. The summed E-state index contributed by atoms with van der Waals surface area (Å²) in [5.41, 5.74) is 3.45. The Labute approximate surface area is 188 Å². The van der Waals surface area contributed by atoms with E-state index in [1.54, 1.807) is 32.2 Å². The van der Waals surface area contributed by atoms with Gasteiger partial charge in [0.25, 0.3) is 15.7 Å². The molecule has 0 aliphatic carbocycles. The Bertz CT molecular complexity index is 1310. The van der Waals surface area contributed by atoms with E-state index in [1.165, 1.54) is 36.2 Å². The fourth-order valence-corrected chi connectivity index (χ4v) is 4.13. The van der Waals surface area contributed by atoms with Crippen LogP contribution in [-0.4, -0.2) is 36.4 Å². The SMILES string of the molecule is COc1ccccc1NS(=O)(=O)c1ccc(N/N=C/c2c(C)nn(C)c2Cl)c([N+](=O)[O-])c1. The van der Waals surface area contributed by atoms with Gasteiger partial charge in [0.2, 0.25) is 0 Å². The van der Waals surface area contributed by atoms with E-state index in [4.69, 9.17) is 16.3 Å². The third kappa shape index (κ3) is 4.81. The number of hydrazone groups is 1. The minimum atomic E-state index is -4.12. The number of hydrogen-bond acceptors (Lipinski definition) is 8. The second-order valence-corrected chi connectivity index (χ2v) is 8.57. The molecule has 0 atom stereocenters. The van der Waals surface area contributed by atoms with Gasteiger partial charge in [0.15, 0.2) is 0 Å². The molecule has 3 aromatic rings. The summed E-state index contributed by atoms with van der Waals surface area (Å²) in [6, 6.07) is 9.84. The largest absolute Gasteiger partial charge is 0.495 e. The lowest BCUT2D eigenvalue weighted by atomic mass is 10.3. The summed E-state index contributed by atoms with van der Waals surface area (Å²) in [6.45, 7) is 1.74. The Morgan fingerprint density at radius 3 is 2.59 bits per heavy atom. The number of aryl methyl sites for hydroxylation is 2. The lowest BCUT2D eigenvalue weighted by Crippen LogP contribution is -2.14. The monoisotopic (exact) mass is 478 g/mol. The zero-order chi connectivity index (χ0) is 23.5. The zero-order valence-corrected chi connectivity index (χ0v) is 18.8. The van der Waals surface area contributed by atoms with Crippen LogP contribution in [0.2, 0.25) is 5.15 Å². The van der Waals surface area contributed by atoms with Crippen molar-refractivity contribution in [1.82, 2.24) is 9.78 Å². The van der Waals surface area contributed by atoms with Gasteiger partial charge in [0, 0.05) is 13.1 Å².